The molecule has 37 heavy (non-hydrogen) atoms. The van der Waals surface area contributed by atoms with Gasteiger partial charge in [0.15, 0.2) is 5.16 Å². The van der Waals surface area contributed by atoms with E-state index in [1.165, 1.54) is 11.8 Å². The highest BCUT2D eigenvalue weighted by atomic mass is 35.5. The Morgan fingerprint density at radius 2 is 1.54 bits per heavy atom. The molecule has 0 radical (unpaired) electrons. The molecule has 1 fully saturated rings. The summed E-state index contributed by atoms with van der Waals surface area (Å²) in [4.78, 5) is 35.2. The molecule has 1 aliphatic rings. The standard InChI is InChI=1S/C28H26Cl2N4O2S/c29-20-6-3-8-22(18-20)32-13-15-33(16-14-32)26(35)12-5-17-37-28-31-25-11-2-1-10-24(25)27(36)34(28)23-9-4-7-21(30)19-23/h1-4,6-11,18-19H,5,12-17H2. The molecule has 1 saturated heterocycles. The Labute approximate surface area is 229 Å². The third-order valence-corrected chi connectivity index (χ3v) is 7.88. The lowest BCUT2D eigenvalue weighted by Gasteiger charge is -2.36. The number of thioether (sulfide) groups is 1. The molecule has 4 aromatic rings. The molecule has 0 N–H and O–H groups in total. The number of amides is 1. The first-order valence-corrected chi connectivity index (χ1v) is 13.9. The number of para-hydroxylation sites is 1. The summed E-state index contributed by atoms with van der Waals surface area (Å²) in [6.07, 6.45) is 1.15. The van der Waals surface area contributed by atoms with Crippen molar-refractivity contribution in [3.05, 3.63) is 93.2 Å². The highest BCUT2D eigenvalue weighted by molar-refractivity contribution is 7.99. The van der Waals surface area contributed by atoms with Crippen LogP contribution >= 0.6 is 35.0 Å². The summed E-state index contributed by atoms with van der Waals surface area (Å²) in [5.74, 6) is 0.824. The Hall–Kier alpha value is -3.00. The molecule has 5 rings (SSSR count). The number of aromatic nitrogens is 2. The molecular formula is C28H26Cl2N4O2S. The third-order valence-electron chi connectivity index (χ3n) is 6.38. The van der Waals surface area contributed by atoms with E-state index in [1.54, 1.807) is 22.8 Å². The smallest absolute Gasteiger partial charge is 0.266 e. The molecule has 0 spiro atoms. The zero-order valence-corrected chi connectivity index (χ0v) is 22.5. The second kappa shape index (κ2) is 11.6. The van der Waals surface area contributed by atoms with Gasteiger partial charge < -0.3 is 9.80 Å². The largest absolute Gasteiger partial charge is 0.368 e. The maximum Gasteiger partial charge on any atom is 0.266 e. The van der Waals surface area contributed by atoms with Crippen LogP contribution in [0, 0.1) is 0 Å². The van der Waals surface area contributed by atoms with Crippen LogP contribution in [0.3, 0.4) is 0 Å². The molecule has 0 bridgehead atoms. The van der Waals surface area contributed by atoms with Crippen molar-refractivity contribution < 1.29 is 4.79 Å². The second-order valence-electron chi connectivity index (χ2n) is 8.83. The van der Waals surface area contributed by atoms with Crippen LogP contribution in [0.5, 0.6) is 0 Å². The summed E-state index contributed by atoms with van der Waals surface area (Å²) < 4.78 is 1.61. The lowest BCUT2D eigenvalue weighted by molar-refractivity contribution is -0.131. The minimum atomic E-state index is -0.135. The van der Waals surface area contributed by atoms with Crippen molar-refractivity contribution in [2.45, 2.75) is 18.0 Å². The quantitative estimate of drug-likeness (QED) is 0.162. The first kappa shape index (κ1) is 25.6. The number of hydrogen-bond acceptors (Lipinski definition) is 5. The summed E-state index contributed by atoms with van der Waals surface area (Å²) in [5, 5.41) is 2.41. The van der Waals surface area contributed by atoms with Gasteiger partial charge in [-0.15, -0.1) is 0 Å². The molecule has 9 heteroatoms. The minimum Gasteiger partial charge on any atom is -0.368 e. The first-order chi connectivity index (χ1) is 18.0. The minimum absolute atomic E-state index is 0.135. The number of carbonyl (C=O) groups is 1. The van der Waals surface area contributed by atoms with Gasteiger partial charge in [0.05, 0.1) is 16.6 Å². The van der Waals surface area contributed by atoms with Crippen molar-refractivity contribution in [2.75, 3.05) is 36.8 Å². The molecule has 1 aliphatic heterocycles. The number of carbonyl (C=O) groups excluding carboxylic acids is 1. The average Bonchev–Trinajstić information content (AvgIpc) is 2.91. The van der Waals surface area contributed by atoms with Crippen LogP contribution in [-0.2, 0) is 4.79 Å². The van der Waals surface area contributed by atoms with E-state index in [0.717, 1.165) is 23.8 Å². The highest BCUT2D eigenvalue weighted by Crippen LogP contribution is 2.25. The Kier molecular flexibility index (Phi) is 8.03. The van der Waals surface area contributed by atoms with Gasteiger partial charge in [-0.05, 0) is 55.0 Å². The Bertz CT molecular complexity index is 1480. The topological polar surface area (TPSA) is 58.4 Å². The van der Waals surface area contributed by atoms with Crippen LogP contribution in [0.15, 0.2) is 82.7 Å². The lowest BCUT2D eigenvalue weighted by Crippen LogP contribution is -2.48. The normalized spacial score (nSPS) is 13.8. The van der Waals surface area contributed by atoms with Gasteiger partial charge in [0.1, 0.15) is 0 Å². The van der Waals surface area contributed by atoms with Crippen LogP contribution in [-0.4, -0.2) is 52.3 Å². The number of fused-ring (bicyclic) bond motifs is 1. The number of nitrogens with zero attached hydrogens (tertiary/aromatic N) is 4. The molecule has 0 unspecified atom stereocenters. The van der Waals surface area contributed by atoms with Gasteiger partial charge in [0, 0.05) is 54.1 Å². The number of anilines is 1. The maximum atomic E-state index is 13.4. The van der Waals surface area contributed by atoms with E-state index in [1.807, 2.05) is 59.5 Å². The summed E-state index contributed by atoms with van der Waals surface area (Å²) >= 11 is 13.8. The lowest BCUT2D eigenvalue weighted by atomic mass is 10.2. The summed E-state index contributed by atoms with van der Waals surface area (Å²) in [7, 11) is 0. The zero-order chi connectivity index (χ0) is 25.8. The summed E-state index contributed by atoms with van der Waals surface area (Å²) in [6, 6.07) is 22.4. The Balaban J connectivity index is 1.21. The van der Waals surface area contributed by atoms with Crippen LogP contribution in [0.25, 0.3) is 16.6 Å². The van der Waals surface area contributed by atoms with Gasteiger partial charge in [0.25, 0.3) is 5.56 Å². The molecule has 1 amide bonds. The predicted molar refractivity (Wildman–Crippen MR) is 153 cm³/mol. The molecule has 2 heterocycles. The fraction of sp³-hybridized carbons (Fsp3) is 0.250. The first-order valence-electron chi connectivity index (χ1n) is 12.2. The Morgan fingerprint density at radius 3 is 2.27 bits per heavy atom. The third kappa shape index (κ3) is 5.95. The number of benzene rings is 3. The molecule has 1 aromatic heterocycles. The second-order valence-corrected chi connectivity index (χ2v) is 10.8. The molecular weight excluding hydrogens is 527 g/mol. The Morgan fingerprint density at radius 1 is 0.865 bits per heavy atom. The van der Waals surface area contributed by atoms with Gasteiger partial charge in [-0.3, -0.25) is 14.2 Å². The van der Waals surface area contributed by atoms with Crippen molar-refractivity contribution in [3.63, 3.8) is 0 Å². The molecule has 3 aromatic carbocycles. The monoisotopic (exact) mass is 552 g/mol. The van der Waals surface area contributed by atoms with E-state index in [0.29, 0.717) is 58.5 Å². The van der Waals surface area contributed by atoms with Gasteiger partial charge in [-0.1, -0.05) is 59.2 Å². The van der Waals surface area contributed by atoms with E-state index in [2.05, 4.69) is 4.90 Å². The highest BCUT2D eigenvalue weighted by Gasteiger charge is 2.21. The molecule has 0 aliphatic carbocycles. The fourth-order valence-electron chi connectivity index (χ4n) is 4.48. The predicted octanol–water partition coefficient (Wildman–Crippen LogP) is 5.91. The van der Waals surface area contributed by atoms with E-state index in [9.17, 15) is 9.59 Å². The van der Waals surface area contributed by atoms with E-state index in [4.69, 9.17) is 28.2 Å². The molecule has 190 valence electrons. The average molecular weight is 554 g/mol. The fourth-order valence-corrected chi connectivity index (χ4v) is 5.80. The van der Waals surface area contributed by atoms with Crippen LogP contribution < -0.4 is 10.5 Å². The van der Waals surface area contributed by atoms with E-state index in [-0.39, 0.29) is 11.5 Å². The van der Waals surface area contributed by atoms with Crippen LogP contribution in [0.2, 0.25) is 10.0 Å². The van der Waals surface area contributed by atoms with Gasteiger partial charge >= 0.3 is 0 Å². The molecule has 0 atom stereocenters. The van der Waals surface area contributed by atoms with Gasteiger partial charge in [0.2, 0.25) is 5.91 Å². The molecule has 6 nitrogen and oxygen atoms in total. The number of rotatable bonds is 7. The van der Waals surface area contributed by atoms with E-state index >= 15 is 0 Å². The maximum absolute atomic E-state index is 13.4. The number of halogens is 2. The van der Waals surface area contributed by atoms with Crippen molar-refractivity contribution in [1.29, 1.82) is 0 Å². The SMILES string of the molecule is O=C(CCCSc1nc2ccccc2c(=O)n1-c1cccc(Cl)c1)N1CCN(c2cccc(Cl)c2)CC1. The summed E-state index contributed by atoms with van der Waals surface area (Å²) in [5.41, 5.74) is 2.28. The number of piperazine rings is 1. The van der Waals surface area contributed by atoms with Gasteiger partial charge in [-0.2, -0.15) is 0 Å². The zero-order valence-electron chi connectivity index (χ0n) is 20.1. The van der Waals surface area contributed by atoms with Crippen LogP contribution in [0.1, 0.15) is 12.8 Å². The van der Waals surface area contributed by atoms with Crippen molar-refractivity contribution in [1.82, 2.24) is 14.5 Å². The van der Waals surface area contributed by atoms with Crippen molar-refractivity contribution >= 4 is 57.5 Å². The van der Waals surface area contributed by atoms with Crippen molar-refractivity contribution in [3.8, 4) is 5.69 Å². The molecule has 0 saturated carbocycles. The number of hydrogen-bond donors (Lipinski definition) is 0. The van der Waals surface area contributed by atoms with Crippen LogP contribution in [0.4, 0.5) is 5.69 Å². The van der Waals surface area contributed by atoms with Gasteiger partial charge in [-0.25, -0.2) is 4.98 Å². The van der Waals surface area contributed by atoms with E-state index < -0.39 is 0 Å². The van der Waals surface area contributed by atoms with Crippen molar-refractivity contribution in [2.24, 2.45) is 0 Å². The summed E-state index contributed by atoms with van der Waals surface area (Å²) in [6.45, 7) is 2.96.